The Kier molecular flexibility index (Phi) is 4.60. The van der Waals surface area contributed by atoms with Gasteiger partial charge in [0.15, 0.2) is 11.6 Å². The van der Waals surface area contributed by atoms with Gasteiger partial charge >= 0.3 is 0 Å². The van der Waals surface area contributed by atoms with Crippen molar-refractivity contribution in [1.29, 1.82) is 0 Å². The highest BCUT2D eigenvalue weighted by Gasteiger charge is 2.06. The van der Waals surface area contributed by atoms with Crippen molar-refractivity contribution >= 4 is 17.4 Å². The number of hydrogen-bond acceptors (Lipinski definition) is 5. The highest BCUT2D eigenvalue weighted by atomic mass is 35.5. The van der Waals surface area contributed by atoms with Gasteiger partial charge in [0.25, 0.3) is 0 Å². The molecule has 0 amide bonds. The van der Waals surface area contributed by atoms with Crippen molar-refractivity contribution in [2.24, 2.45) is 10.9 Å². The molecule has 1 aromatic heterocycles. The first-order valence-electron chi connectivity index (χ1n) is 5.99. The Hall–Kier alpha value is -2.05. The molecule has 0 spiro atoms. The molecule has 0 aliphatic heterocycles. The third-order valence-corrected chi connectivity index (χ3v) is 3.10. The normalized spacial score (nSPS) is 11.8. The fourth-order valence-corrected chi connectivity index (χ4v) is 1.98. The number of aromatic nitrogens is 1. The van der Waals surface area contributed by atoms with Gasteiger partial charge < -0.3 is 20.8 Å². The summed E-state index contributed by atoms with van der Waals surface area (Å²) >= 11 is 6.15. The molecule has 106 valence electrons. The summed E-state index contributed by atoms with van der Waals surface area (Å²) in [5.74, 6) is 0.801. The van der Waals surface area contributed by atoms with E-state index in [-0.39, 0.29) is 5.84 Å². The quantitative estimate of drug-likeness (QED) is 0.339. The molecule has 0 aliphatic rings. The average molecular weight is 295 g/mol. The van der Waals surface area contributed by atoms with E-state index in [1.54, 1.807) is 12.1 Å². The van der Waals surface area contributed by atoms with Crippen LogP contribution in [0.4, 0.5) is 0 Å². The standard InChI is InChI=1S/C13H15ClN4O2/c1-8-4-11(20-18-8)7-16-6-10-3-2-9(5-12(10)14)13(15)17-19/h2-5,16,19H,6-7H2,1H3,(H2,15,17). The Morgan fingerprint density at radius 2 is 2.25 bits per heavy atom. The van der Waals surface area contributed by atoms with Gasteiger partial charge in [-0.15, -0.1) is 0 Å². The number of oxime groups is 1. The van der Waals surface area contributed by atoms with Gasteiger partial charge in [0.2, 0.25) is 0 Å². The number of nitrogens with two attached hydrogens (primary N) is 1. The average Bonchev–Trinajstić information content (AvgIpc) is 2.85. The van der Waals surface area contributed by atoms with Crippen LogP contribution in [0.25, 0.3) is 0 Å². The van der Waals surface area contributed by atoms with Gasteiger partial charge in [-0.1, -0.05) is 34.0 Å². The third-order valence-electron chi connectivity index (χ3n) is 2.75. The molecule has 20 heavy (non-hydrogen) atoms. The predicted molar refractivity (Wildman–Crippen MR) is 75.7 cm³/mol. The highest BCUT2D eigenvalue weighted by Crippen LogP contribution is 2.18. The summed E-state index contributed by atoms with van der Waals surface area (Å²) in [6, 6.07) is 7.10. The molecule has 0 saturated carbocycles. The molecule has 0 unspecified atom stereocenters. The van der Waals surface area contributed by atoms with Crippen LogP contribution in [0.2, 0.25) is 5.02 Å². The summed E-state index contributed by atoms with van der Waals surface area (Å²) in [6.07, 6.45) is 0. The van der Waals surface area contributed by atoms with Crippen LogP contribution in [0.1, 0.15) is 22.6 Å². The van der Waals surface area contributed by atoms with E-state index in [1.807, 2.05) is 19.1 Å². The Balaban J connectivity index is 1.96. The Bertz CT molecular complexity index is 625. The van der Waals surface area contributed by atoms with Gasteiger partial charge in [-0.2, -0.15) is 0 Å². The van der Waals surface area contributed by atoms with Crippen LogP contribution >= 0.6 is 11.6 Å². The largest absolute Gasteiger partial charge is 0.409 e. The lowest BCUT2D eigenvalue weighted by Gasteiger charge is -2.07. The third kappa shape index (κ3) is 3.49. The summed E-state index contributed by atoms with van der Waals surface area (Å²) in [6.45, 7) is 3.02. The minimum atomic E-state index is 0.0311. The van der Waals surface area contributed by atoms with Crippen LogP contribution < -0.4 is 11.1 Å². The van der Waals surface area contributed by atoms with Gasteiger partial charge in [0, 0.05) is 23.2 Å². The topological polar surface area (TPSA) is 96.7 Å². The Morgan fingerprint density at radius 3 is 2.85 bits per heavy atom. The van der Waals surface area contributed by atoms with Gasteiger partial charge in [0.05, 0.1) is 12.2 Å². The second-order valence-corrected chi connectivity index (χ2v) is 4.74. The molecule has 2 rings (SSSR count). The van der Waals surface area contributed by atoms with Crippen molar-refractivity contribution in [2.75, 3.05) is 0 Å². The minimum absolute atomic E-state index is 0.0311. The summed E-state index contributed by atoms with van der Waals surface area (Å²) in [5, 5.41) is 19.1. The van der Waals surface area contributed by atoms with E-state index in [0.717, 1.165) is 17.0 Å². The van der Waals surface area contributed by atoms with E-state index in [4.69, 9.17) is 27.1 Å². The van der Waals surface area contributed by atoms with Crippen LogP contribution in [0, 0.1) is 6.92 Å². The summed E-state index contributed by atoms with van der Waals surface area (Å²) in [4.78, 5) is 0. The molecule has 4 N–H and O–H groups in total. The number of aryl methyl sites for hydroxylation is 1. The van der Waals surface area contributed by atoms with Gasteiger partial charge in [-0.3, -0.25) is 0 Å². The van der Waals surface area contributed by atoms with E-state index in [9.17, 15) is 0 Å². The van der Waals surface area contributed by atoms with Crippen molar-refractivity contribution in [3.05, 3.63) is 51.9 Å². The van der Waals surface area contributed by atoms with Gasteiger partial charge in [-0.25, -0.2) is 0 Å². The zero-order chi connectivity index (χ0) is 14.5. The number of nitrogens with one attached hydrogen (secondary N) is 1. The molecule has 1 heterocycles. The van der Waals surface area contributed by atoms with Crippen LogP contribution in [0.15, 0.2) is 33.9 Å². The maximum absolute atomic E-state index is 8.61. The van der Waals surface area contributed by atoms with Crippen molar-refractivity contribution in [3.8, 4) is 0 Å². The molecule has 0 radical (unpaired) electrons. The second-order valence-electron chi connectivity index (χ2n) is 4.33. The first-order chi connectivity index (χ1) is 9.60. The Morgan fingerprint density at radius 1 is 1.45 bits per heavy atom. The molecule has 0 fully saturated rings. The molecular weight excluding hydrogens is 280 g/mol. The Labute approximate surface area is 121 Å². The van der Waals surface area contributed by atoms with Gasteiger partial charge in [-0.05, 0) is 18.6 Å². The first kappa shape index (κ1) is 14.4. The molecule has 1 aromatic carbocycles. The van der Waals surface area contributed by atoms with Crippen LogP contribution in [-0.2, 0) is 13.1 Å². The zero-order valence-electron chi connectivity index (χ0n) is 10.9. The van der Waals surface area contributed by atoms with Crippen LogP contribution in [0.5, 0.6) is 0 Å². The van der Waals surface area contributed by atoms with Crippen molar-refractivity contribution in [2.45, 2.75) is 20.0 Å². The SMILES string of the molecule is Cc1cc(CNCc2ccc(/C(N)=N/O)cc2Cl)on1. The zero-order valence-corrected chi connectivity index (χ0v) is 11.7. The van der Waals surface area contributed by atoms with Crippen molar-refractivity contribution in [1.82, 2.24) is 10.5 Å². The molecule has 6 nitrogen and oxygen atoms in total. The fraction of sp³-hybridized carbons (Fsp3) is 0.231. The predicted octanol–water partition coefficient (Wildman–Crippen LogP) is 2.02. The molecule has 0 atom stereocenters. The van der Waals surface area contributed by atoms with E-state index in [1.165, 1.54) is 0 Å². The van der Waals surface area contributed by atoms with E-state index in [2.05, 4.69) is 15.6 Å². The number of hydrogen-bond donors (Lipinski definition) is 3. The van der Waals surface area contributed by atoms with Crippen LogP contribution in [0.3, 0.4) is 0 Å². The van der Waals surface area contributed by atoms with Gasteiger partial charge in [0.1, 0.15) is 0 Å². The lowest BCUT2D eigenvalue weighted by Crippen LogP contribution is -2.15. The smallest absolute Gasteiger partial charge is 0.170 e. The van der Waals surface area contributed by atoms with Crippen LogP contribution in [-0.4, -0.2) is 16.2 Å². The summed E-state index contributed by atoms with van der Waals surface area (Å²) in [5.41, 5.74) is 7.84. The molecule has 2 aromatic rings. The van der Waals surface area contributed by atoms with Crippen molar-refractivity contribution < 1.29 is 9.73 Å². The highest BCUT2D eigenvalue weighted by molar-refractivity contribution is 6.31. The molecule has 0 aliphatic carbocycles. The first-order valence-corrected chi connectivity index (χ1v) is 6.37. The molecular formula is C13H15ClN4O2. The van der Waals surface area contributed by atoms with E-state index < -0.39 is 0 Å². The number of benzene rings is 1. The molecule has 0 saturated heterocycles. The summed E-state index contributed by atoms with van der Waals surface area (Å²) < 4.78 is 5.09. The van der Waals surface area contributed by atoms with Crippen molar-refractivity contribution in [3.63, 3.8) is 0 Å². The number of nitrogens with zero attached hydrogens (tertiary/aromatic N) is 2. The number of rotatable bonds is 5. The maximum atomic E-state index is 8.61. The minimum Gasteiger partial charge on any atom is -0.409 e. The fourth-order valence-electron chi connectivity index (χ4n) is 1.73. The van der Waals surface area contributed by atoms with E-state index >= 15 is 0 Å². The summed E-state index contributed by atoms with van der Waals surface area (Å²) in [7, 11) is 0. The number of halogens is 1. The lowest BCUT2D eigenvalue weighted by molar-refractivity contribution is 0.318. The monoisotopic (exact) mass is 294 g/mol. The molecule has 0 bridgehead atoms. The lowest BCUT2D eigenvalue weighted by atomic mass is 10.1. The second kappa shape index (κ2) is 6.40. The molecule has 7 heteroatoms. The maximum Gasteiger partial charge on any atom is 0.170 e. The number of amidine groups is 1. The van der Waals surface area contributed by atoms with E-state index in [0.29, 0.717) is 23.7 Å².